The second-order valence-corrected chi connectivity index (χ2v) is 6.48. The van der Waals surface area contributed by atoms with E-state index in [1.54, 1.807) is 0 Å². The highest BCUT2D eigenvalue weighted by Gasteiger charge is 2.35. The van der Waals surface area contributed by atoms with Crippen LogP contribution in [0.2, 0.25) is 0 Å². The van der Waals surface area contributed by atoms with Crippen LogP contribution in [0.3, 0.4) is 0 Å². The molecule has 1 aromatic heterocycles. The van der Waals surface area contributed by atoms with Crippen LogP contribution in [0.5, 0.6) is 0 Å². The highest BCUT2D eigenvalue weighted by Crippen LogP contribution is 2.30. The Morgan fingerprint density at radius 3 is 2.62 bits per heavy atom. The fourth-order valence-electron chi connectivity index (χ4n) is 3.94. The Kier molecular flexibility index (Phi) is 4.88. The number of hydrogen-bond acceptors (Lipinski definition) is 4. The Hall–Kier alpha value is -0.970. The summed E-state index contributed by atoms with van der Waals surface area (Å²) in [5, 5.41) is 0. The van der Waals surface area contributed by atoms with Crippen molar-refractivity contribution in [3.8, 4) is 0 Å². The minimum absolute atomic E-state index is 0.199. The second kappa shape index (κ2) is 6.86. The highest BCUT2D eigenvalue weighted by molar-refractivity contribution is 5.18. The zero-order chi connectivity index (χ0) is 14.7. The summed E-state index contributed by atoms with van der Waals surface area (Å²) in [5.74, 6) is 0. The Labute approximate surface area is 128 Å². The molecule has 21 heavy (non-hydrogen) atoms. The molecule has 3 rings (SSSR count). The number of hydrogen-bond donors (Lipinski definition) is 1. The summed E-state index contributed by atoms with van der Waals surface area (Å²) in [4.78, 5) is 9.44. The number of rotatable bonds is 5. The molecule has 2 fully saturated rings. The van der Waals surface area contributed by atoms with Crippen molar-refractivity contribution in [2.24, 2.45) is 5.73 Å². The summed E-state index contributed by atoms with van der Waals surface area (Å²) in [7, 11) is 0. The largest absolute Gasteiger partial charge is 0.326 e. The van der Waals surface area contributed by atoms with Gasteiger partial charge in [0.25, 0.3) is 0 Å². The fraction of sp³-hybridized carbons (Fsp3) is 0.706. The van der Waals surface area contributed by atoms with Crippen LogP contribution in [0.1, 0.15) is 44.2 Å². The van der Waals surface area contributed by atoms with Crippen molar-refractivity contribution >= 4 is 0 Å². The second-order valence-electron chi connectivity index (χ2n) is 6.48. The number of likely N-dealkylation sites (tertiary alicyclic amines) is 2. The molecule has 0 radical (unpaired) electrons. The monoisotopic (exact) mass is 288 g/mol. The predicted molar refractivity (Wildman–Crippen MR) is 86.0 cm³/mol. The van der Waals surface area contributed by atoms with Crippen LogP contribution in [-0.4, -0.2) is 53.0 Å². The number of nitrogens with zero attached hydrogens (tertiary/aromatic N) is 3. The van der Waals surface area contributed by atoms with E-state index < -0.39 is 0 Å². The molecule has 3 atom stereocenters. The standard InChI is InChI=1S/C17H28N4/c1-2-16(18)17(14-5-8-19-9-6-14)21-12-7-15(13-21)20-10-3-4-11-20/h5-6,8-9,15-17H,2-4,7,10-13,18H2,1H3. The molecule has 0 aromatic carbocycles. The molecule has 0 aliphatic carbocycles. The van der Waals surface area contributed by atoms with Crippen LogP contribution < -0.4 is 5.73 Å². The number of nitrogens with two attached hydrogens (primary N) is 1. The molecule has 4 heteroatoms. The SMILES string of the molecule is CCC(N)C(c1ccncc1)N1CCC(N2CCCC2)C1. The van der Waals surface area contributed by atoms with Crippen molar-refractivity contribution in [1.82, 2.24) is 14.8 Å². The van der Waals surface area contributed by atoms with Crippen molar-refractivity contribution in [2.45, 2.75) is 50.7 Å². The first-order valence-electron chi connectivity index (χ1n) is 8.43. The lowest BCUT2D eigenvalue weighted by Crippen LogP contribution is -2.42. The van der Waals surface area contributed by atoms with Crippen LogP contribution in [0, 0.1) is 0 Å². The topological polar surface area (TPSA) is 45.4 Å². The zero-order valence-electron chi connectivity index (χ0n) is 13.1. The van der Waals surface area contributed by atoms with Crippen LogP contribution in [0.25, 0.3) is 0 Å². The van der Waals surface area contributed by atoms with E-state index in [9.17, 15) is 0 Å². The molecule has 0 amide bonds. The molecule has 0 saturated carbocycles. The summed E-state index contributed by atoms with van der Waals surface area (Å²) in [5.41, 5.74) is 7.77. The van der Waals surface area contributed by atoms with Crippen LogP contribution >= 0.6 is 0 Å². The van der Waals surface area contributed by atoms with Gasteiger partial charge < -0.3 is 5.73 Å². The van der Waals surface area contributed by atoms with Crippen molar-refractivity contribution in [3.05, 3.63) is 30.1 Å². The van der Waals surface area contributed by atoms with Crippen molar-refractivity contribution < 1.29 is 0 Å². The summed E-state index contributed by atoms with van der Waals surface area (Å²) < 4.78 is 0. The molecule has 0 spiro atoms. The molecule has 116 valence electrons. The van der Waals surface area contributed by atoms with E-state index >= 15 is 0 Å². The Morgan fingerprint density at radius 1 is 1.24 bits per heavy atom. The molecule has 2 aliphatic heterocycles. The first-order valence-corrected chi connectivity index (χ1v) is 8.43. The van der Waals surface area contributed by atoms with Gasteiger partial charge in [-0.1, -0.05) is 6.92 Å². The molecule has 1 aromatic rings. The maximum atomic E-state index is 6.45. The maximum Gasteiger partial charge on any atom is 0.0500 e. The number of aromatic nitrogens is 1. The Balaban J connectivity index is 1.72. The fourth-order valence-corrected chi connectivity index (χ4v) is 3.94. The van der Waals surface area contributed by atoms with Gasteiger partial charge in [0.2, 0.25) is 0 Å². The number of pyridine rings is 1. The molecular weight excluding hydrogens is 260 g/mol. The van der Waals surface area contributed by atoms with Gasteiger partial charge in [-0.3, -0.25) is 14.8 Å². The molecule has 3 unspecified atom stereocenters. The Morgan fingerprint density at radius 2 is 1.95 bits per heavy atom. The van der Waals surface area contributed by atoms with E-state index in [0.29, 0.717) is 6.04 Å². The molecule has 2 saturated heterocycles. The molecule has 2 N–H and O–H groups in total. The smallest absolute Gasteiger partial charge is 0.0500 e. The van der Waals surface area contributed by atoms with E-state index in [2.05, 4.69) is 33.8 Å². The van der Waals surface area contributed by atoms with E-state index in [0.717, 1.165) is 12.5 Å². The van der Waals surface area contributed by atoms with Crippen molar-refractivity contribution in [3.63, 3.8) is 0 Å². The molecule has 0 bridgehead atoms. The summed E-state index contributed by atoms with van der Waals surface area (Å²) in [6, 6.07) is 5.53. The third-order valence-corrected chi connectivity index (χ3v) is 5.17. The third-order valence-electron chi connectivity index (χ3n) is 5.17. The first-order chi connectivity index (χ1) is 10.3. The normalized spacial score (nSPS) is 27.0. The van der Waals surface area contributed by atoms with E-state index in [-0.39, 0.29) is 6.04 Å². The summed E-state index contributed by atoms with van der Waals surface area (Å²) >= 11 is 0. The molecule has 3 heterocycles. The van der Waals surface area contributed by atoms with Gasteiger partial charge in [0.15, 0.2) is 0 Å². The lowest BCUT2D eigenvalue weighted by atomic mass is 9.97. The van der Waals surface area contributed by atoms with Crippen molar-refractivity contribution in [1.29, 1.82) is 0 Å². The van der Waals surface area contributed by atoms with E-state index in [1.165, 1.54) is 51.0 Å². The minimum Gasteiger partial charge on any atom is -0.326 e. The molecular formula is C17H28N4. The van der Waals surface area contributed by atoms with Crippen LogP contribution in [-0.2, 0) is 0 Å². The lowest BCUT2D eigenvalue weighted by molar-refractivity contribution is 0.179. The van der Waals surface area contributed by atoms with E-state index in [4.69, 9.17) is 5.73 Å². The van der Waals surface area contributed by atoms with Crippen molar-refractivity contribution in [2.75, 3.05) is 26.2 Å². The molecule has 2 aliphatic rings. The van der Waals surface area contributed by atoms with Gasteiger partial charge in [-0.2, -0.15) is 0 Å². The minimum atomic E-state index is 0.199. The summed E-state index contributed by atoms with van der Waals surface area (Å²) in [6.07, 6.45) is 8.82. The third kappa shape index (κ3) is 3.28. The zero-order valence-corrected chi connectivity index (χ0v) is 13.1. The van der Waals surface area contributed by atoms with Crippen LogP contribution in [0.15, 0.2) is 24.5 Å². The lowest BCUT2D eigenvalue weighted by Gasteiger charge is -2.33. The van der Waals surface area contributed by atoms with Gasteiger partial charge in [-0.05, 0) is 56.5 Å². The van der Waals surface area contributed by atoms with Gasteiger partial charge in [0.1, 0.15) is 0 Å². The molecule has 4 nitrogen and oxygen atoms in total. The highest BCUT2D eigenvalue weighted by atomic mass is 15.3. The maximum absolute atomic E-state index is 6.45. The Bertz CT molecular complexity index is 430. The van der Waals surface area contributed by atoms with Gasteiger partial charge in [0, 0.05) is 37.6 Å². The first kappa shape index (κ1) is 14.9. The van der Waals surface area contributed by atoms with Gasteiger partial charge >= 0.3 is 0 Å². The quantitative estimate of drug-likeness (QED) is 0.900. The predicted octanol–water partition coefficient (Wildman–Crippen LogP) is 2.03. The van der Waals surface area contributed by atoms with Gasteiger partial charge in [-0.25, -0.2) is 0 Å². The van der Waals surface area contributed by atoms with Gasteiger partial charge in [-0.15, -0.1) is 0 Å². The average molecular weight is 288 g/mol. The van der Waals surface area contributed by atoms with Crippen LogP contribution in [0.4, 0.5) is 0 Å². The van der Waals surface area contributed by atoms with Gasteiger partial charge in [0.05, 0.1) is 6.04 Å². The average Bonchev–Trinajstić information content (AvgIpc) is 3.19. The van der Waals surface area contributed by atoms with E-state index in [1.807, 2.05) is 12.4 Å². The summed E-state index contributed by atoms with van der Waals surface area (Å²) in [6.45, 7) is 7.10.